The Balaban J connectivity index is 2.12. The summed E-state index contributed by atoms with van der Waals surface area (Å²) >= 11 is 0. The van der Waals surface area contributed by atoms with Gasteiger partial charge in [-0.15, -0.1) is 0 Å². The lowest BCUT2D eigenvalue weighted by atomic mass is 10.1. The highest BCUT2D eigenvalue weighted by molar-refractivity contribution is 5.79. The number of rotatable bonds is 4. The van der Waals surface area contributed by atoms with E-state index in [4.69, 9.17) is 5.11 Å². The number of hydrogen-bond acceptors (Lipinski definition) is 2. The van der Waals surface area contributed by atoms with Crippen LogP contribution in [0.5, 0.6) is 0 Å². The Morgan fingerprint density at radius 2 is 2.05 bits per heavy atom. The van der Waals surface area contributed by atoms with Crippen LogP contribution in [0.3, 0.4) is 0 Å². The fraction of sp³-hybridized carbons (Fsp3) is 0.429. The number of carboxylic acids is 1. The summed E-state index contributed by atoms with van der Waals surface area (Å²) in [4.78, 5) is 25.3. The normalized spacial score (nSPS) is 22.0. The number of alkyl halides is 3. The van der Waals surface area contributed by atoms with Crippen molar-refractivity contribution in [3.63, 3.8) is 0 Å². The third-order valence-electron chi connectivity index (χ3n) is 3.43. The predicted octanol–water partition coefficient (Wildman–Crippen LogP) is 2.39. The standard InChI is InChI=1S/C14H15F3N2O3/c15-14(16,17)10-3-1-2-4-11(9-10)19-8-7-18(13(19)22)6-5-12(20)21/h1-4,9-10H,5-8H2,(H,20,21). The summed E-state index contributed by atoms with van der Waals surface area (Å²) in [6, 6.07) is -0.472. The van der Waals surface area contributed by atoms with Crippen LogP contribution in [0, 0.1) is 5.92 Å². The molecule has 0 aromatic rings. The summed E-state index contributed by atoms with van der Waals surface area (Å²) in [6.07, 6.45) is 1.60. The number of aliphatic carboxylic acids is 1. The van der Waals surface area contributed by atoms with Crippen LogP contribution in [0.1, 0.15) is 6.42 Å². The molecule has 1 unspecified atom stereocenters. The van der Waals surface area contributed by atoms with Gasteiger partial charge in [-0.1, -0.05) is 18.2 Å². The lowest BCUT2D eigenvalue weighted by molar-refractivity contribution is -0.149. The number of allylic oxidation sites excluding steroid dienone is 5. The first-order chi connectivity index (χ1) is 10.3. The van der Waals surface area contributed by atoms with Gasteiger partial charge in [-0.05, 0) is 12.2 Å². The molecule has 0 aromatic carbocycles. The van der Waals surface area contributed by atoms with Crippen molar-refractivity contribution in [2.24, 2.45) is 5.92 Å². The summed E-state index contributed by atoms with van der Waals surface area (Å²) in [5.74, 6) is -2.78. The van der Waals surface area contributed by atoms with Crippen LogP contribution < -0.4 is 0 Å². The van der Waals surface area contributed by atoms with E-state index in [0.29, 0.717) is 6.54 Å². The molecule has 0 bridgehead atoms. The first-order valence-electron chi connectivity index (χ1n) is 6.70. The highest BCUT2D eigenvalue weighted by Gasteiger charge is 2.38. The number of carboxylic acid groups (broad SMARTS) is 1. The first kappa shape index (κ1) is 16.1. The number of carbonyl (C=O) groups is 2. The maximum Gasteiger partial charge on any atom is 0.398 e. The molecule has 0 radical (unpaired) electrons. The molecule has 1 saturated heterocycles. The molecule has 1 atom stereocenters. The molecule has 0 spiro atoms. The van der Waals surface area contributed by atoms with Crippen LogP contribution in [-0.4, -0.2) is 52.7 Å². The van der Waals surface area contributed by atoms with Crippen molar-refractivity contribution in [2.75, 3.05) is 19.6 Å². The molecular weight excluding hydrogens is 301 g/mol. The Labute approximate surface area is 125 Å². The smallest absolute Gasteiger partial charge is 0.398 e. The lowest BCUT2D eigenvalue weighted by Gasteiger charge is -2.20. The minimum absolute atomic E-state index is 0.0443. The molecule has 2 aliphatic rings. The number of amides is 2. The fourth-order valence-corrected chi connectivity index (χ4v) is 2.28. The summed E-state index contributed by atoms with van der Waals surface area (Å²) in [5, 5.41) is 8.63. The number of hydrogen-bond donors (Lipinski definition) is 1. The molecule has 0 saturated carbocycles. The van der Waals surface area contributed by atoms with Gasteiger partial charge in [-0.25, -0.2) is 4.79 Å². The van der Waals surface area contributed by atoms with Gasteiger partial charge in [0.2, 0.25) is 0 Å². The van der Waals surface area contributed by atoms with Gasteiger partial charge in [0, 0.05) is 25.3 Å². The van der Waals surface area contributed by atoms with Crippen molar-refractivity contribution in [3.05, 3.63) is 36.1 Å². The third-order valence-corrected chi connectivity index (χ3v) is 3.43. The molecule has 2 amide bonds. The van der Waals surface area contributed by atoms with Gasteiger partial charge in [0.05, 0.1) is 12.3 Å². The minimum atomic E-state index is -4.42. The van der Waals surface area contributed by atoms with E-state index < -0.39 is 24.1 Å². The van der Waals surface area contributed by atoms with E-state index >= 15 is 0 Å². The van der Waals surface area contributed by atoms with Crippen LogP contribution in [0.15, 0.2) is 36.1 Å². The van der Waals surface area contributed by atoms with Gasteiger partial charge in [0.25, 0.3) is 0 Å². The molecule has 22 heavy (non-hydrogen) atoms. The molecule has 1 aliphatic carbocycles. The van der Waals surface area contributed by atoms with Gasteiger partial charge in [0.1, 0.15) is 0 Å². The van der Waals surface area contributed by atoms with Gasteiger partial charge < -0.3 is 10.0 Å². The Kier molecular flexibility index (Phi) is 4.58. The van der Waals surface area contributed by atoms with E-state index in [0.717, 1.165) is 12.2 Å². The number of urea groups is 1. The first-order valence-corrected chi connectivity index (χ1v) is 6.70. The molecule has 1 heterocycles. The molecule has 1 N–H and O–H groups in total. The summed E-state index contributed by atoms with van der Waals surface area (Å²) in [7, 11) is 0. The van der Waals surface area contributed by atoms with Crippen LogP contribution in [0.4, 0.5) is 18.0 Å². The number of nitrogens with zero attached hydrogens (tertiary/aromatic N) is 2. The summed E-state index contributed by atoms with van der Waals surface area (Å²) in [6.45, 7) is 0.573. The molecular formula is C14H15F3N2O3. The molecule has 0 aromatic heterocycles. The van der Waals surface area contributed by atoms with E-state index in [1.165, 1.54) is 28.0 Å². The highest BCUT2D eigenvalue weighted by Crippen LogP contribution is 2.32. The summed E-state index contributed by atoms with van der Waals surface area (Å²) < 4.78 is 38.6. The molecule has 5 nitrogen and oxygen atoms in total. The average Bonchev–Trinajstić information content (AvgIpc) is 2.63. The summed E-state index contributed by atoms with van der Waals surface area (Å²) in [5.41, 5.74) is 0.176. The Bertz CT molecular complexity index is 552. The highest BCUT2D eigenvalue weighted by atomic mass is 19.4. The second-order valence-corrected chi connectivity index (χ2v) is 4.97. The topological polar surface area (TPSA) is 60.9 Å². The van der Waals surface area contributed by atoms with E-state index in [1.807, 2.05) is 0 Å². The maximum absolute atomic E-state index is 12.9. The maximum atomic E-state index is 12.9. The van der Waals surface area contributed by atoms with Gasteiger partial charge >= 0.3 is 18.2 Å². The Morgan fingerprint density at radius 1 is 1.32 bits per heavy atom. The van der Waals surface area contributed by atoms with Gasteiger partial charge in [-0.3, -0.25) is 9.69 Å². The van der Waals surface area contributed by atoms with Crippen LogP contribution in [0.25, 0.3) is 0 Å². The predicted molar refractivity (Wildman–Crippen MR) is 71.8 cm³/mol. The van der Waals surface area contributed by atoms with Crippen LogP contribution in [0.2, 0.25) is 0 Å². The van der Waals surface area contributed by atoms with Crippen LogP contribution >= 0.6 is 0 Å². The van der Waals surface area contributed by atoms with E-state index in [9.17, 15) is 22.8 Å². The van der Waals surface area contributed by atoms with Crippen molar-refractivity contribution >= 4 is 12.0 Å². The molecule has 120 valence electrons. The third kappa shape index (κ3) is 3.69. The second kappa shape index (κ2) is 6.25. The van der Waals surface area contributed by atoms with Crippen molar-refractivity contribution < 1.29 is 27.9 Å². The van der Waals surface area contributed by atoms with Gasteiger partial charge in [-0.2, -0.15) is 13.2 Å². The van der Waals surface area contributed by atoms with Crippen LogP contribution in [-0.2, 0) is 4.79 Å². The van der Waals surface area contributed by atoms with Crippen molar-refractivity contribution in [2.45, 2.75) is 12.6 Å². The number of carbonyl (C=O) groups excluding carboxylic acids is 1. The minimum Gasteiger partial charge on any atom is -0.481 e. The average molecular weight is 316 g/mol. The second-order valence-electron chi connectivity index (χ2n) is 4.97. The molecule has 2 rings (SSSR count). The van der Waals surface area contributed by atoms with Crippen molar-refractivity contribution in [1.29, 1.82) is 0 Å². The van der Waals surface area contributed by atoms with E-state index in [-0.39, 0.29) is 25.2 Å². The van der Waals surface area contributed by atoms with E-state index in [2.05, 4.69) is 0 Å². The molecule has 1 aliphatic heterocycles. The quantitative estimate of drug-likeness (QED) is 0.866. The Hall–Kier alpha value is -2.25. The SMILES string of the molecule is O=C(O)CCN1CCN(C2=CC(C(F)(F)F)C=CC=C2)C1=O. The Morgan fingerprint density at radius 3 is 2.68 bits per heavy atom. The fourth-order valence-electron chi connectivity index (χ4n) is 2.28. The molecule has 1 fully saturated rings. The lowest BCUT2D eigenvalue weighted by Crippen LogP contribution is -2.33. The zero-order valence-corrected chi connectivity index (χ0v) is 11.6. The monoisotopic (exact) mass is 316 g/mol. The van der Waals surface area contributed by atoms with Gasteiger partial charge in [0.15, 0.2) is 0 Å². The number of halogens is 3. The molecule has 8 heteroatoms. The van der Waals surface area contributed by atoms with Crippen molar-refractivity contribution in [1.82, 2.24) is 9.80 Å². The zero-order valence-electron chi connectivity index (χ0n) is 11.6. The van der Waals surface area contributed by atoms with Crippen molar-refractivity contribution in [3.8, 4) is 0 Å². The van der Waals surface area contributed by atoms with E-state index in [1.54, 1.807) is 0 Å². The zero-order chi connectivity index (χ0) is 16.3. The largest absolute Gasteiger partial charge is 0.481 e.